The Labute approximate surface area is 132 Å². The summed E-state index contributed by atoms with van der Waals surface area (Å²) in [5.74, 6) is 0. The van der Waals surface area contributed by atoms with Crippen LogP contribution < -0.4 is 5.32 Å². The van der Waals surface area contributed by atoms with Crippen molar-refractivity contribution in [2.45, 2.75) is 39.2 Å². The van der Waals surface area contributed by atoms with Crippen LogP contribution in [0, 0.1) is 0 Å². The first-order valence-corrected chi connectivity index (χ1v) is 8.44. The van der Waals surface area contributed by atoms with Gasteiger partial charge in [-0.1, -0.05) is 18.3 Å². The minimum Gasteiger partial charge on any atom is -0.309 e. The van der Waals surface area contributed by atoms with Crippen molar-refractivity contribution >= 4 is 27.5 Å². The van der Waals surface area contributed by atoms with E-state index in [-0.39, 0.29) is 6.04 Å². The first-order chi connectivity index (χ1) is 9.67. The number of aromatic nitrogens is 4. The Morgan fingerprint density at radius 2 is 2.25 bits per heavy atom. The Morgan fingerprint density at radius 3 is 2.80 bits per heavy atom. The average molecular weight is 358 g/mol. The molecule has 5 nitrogen and oxygen atoms in total. The molecule has 1 atom stereocenters. The molecular formula is C13H20BrN5S. The monoisotopic (exact) mass is 357 g/mol. The van der Waals surface area contributed by atoms with Crippen molar-refractivity contribution in [3.05, 3.63) is 26.9 Å². The lowest BCUT2D eigenvalue weighted by atomic mass is 10.1. The van der Waals surface area contributed by atoms with Gasteiger partial charge in [-0.3, -0.25) is 4.68 Å². The normalized spacial score (nSPS) is 12.8. The molecule has 0 saturated heterocycles. The summed E-state index contributed by atoms with van der Waals surface area (Å²) in [6, 6.07) is 0.242. The Balaban J connectivity index is 2.21. The van der Waals surface area contributed by atoms with Gasteiger partial charge in [0.1, 0.15) is 0 Å². The van der Waals surface area contributed by atoms with Crippen LogP contribution in [0.4, 0.5) is 0 Å². The summed E-state index contributed by atoms with van der Waals surface area (Å²) in [6.45, 7) is 5.28. The molecule has 0 amide bonds. The second kappa shape index (κ2) is 7.28. The first kappa shape index (κ1) is 15.6. The number of hydrogen-bond acceptors (Lipinski definition) is 5. The van der Waals surface area contributed by atoms with Crippen molar-refractivity contribution in [3.8, 4) is 0 Å². The fourth-order valence-electron chi connectivity index (χ4n) is 2.16. The molecule has 0 aromatic carbocycles. The van der Waals surface area contributed by atoms with Gasteiger partial charge in [0.15, 0.2) is 0 Å². The van der Waals surface area contributed by atoms with Crippen LogP contribution in [0.2, 0.25) is 0 Å². The molecule has 0 saturated carbocycles. The number of aryl methyl sites for hydroxylation is 2. The smallest absolute Gasteiger partial charge is 0.0766 e. The Hall–Kier alpha value is -0.790. The van der Waals surface area contributed by atoms with Crippen LogP contribution in [0.15, 0.2) is 10.7 Å². The Bertz CT molecular complexity index is 537. The fourth-order valence-corrected chi connectivity index (χ4v) is 3.51. The number of nitrogens with zero attached hydrogens (tertiary/aromatic N) is 4. The van der Waals surface area contributed by atoms with Gasteiger partial charge in [0.05, 0.1) is 33.0 Å². The van der Waals surface area contributed by atoms with E-state index in [2.05, 4.69) is 49.8 Å². The van der Waals surface area contributed by atoms with Crippen LogP contribution >= 0.6 is 27.5 Å². The van der Waals surface area contributed by atoms with Gasteiger partial charge in [-0.2, -0.15) is 5.10 Å². The van der Waals surface area contributed by atoms with Crippen LogP contribution in [0.25, 0.3) is 0 Å². The van der Waals surface area contributed by atoms with Gasteiger partial charge in [-0.25, -0.2) is 0 Å². The van der Waals surface area contributed by atoms with Crippen molar-refractivity contribution < 1.29 is 0 Å². The molecule has 20 heavy (non-hydrogen) atoms. The van der Waals surface area contributed by atoms with Gasteiger partial charge in [0, 0.05) is 13.5 Å². The lowest BCUT2D eigenvalue weighted by Crippen LogP contribution is -2.24. The third-order valence-corrected chi connectivity index (χ3v) is 4.96. The topological polar surface area (TPSA) is 55.6 Å². The molecule has 0 aliphatic rings. The van der Waals surface area contributed by atoms with E-state index in [4.69, 9.17) is 0 Å². The Kier molecular flexibility index (Phi) is 5.68. The molecule has 110 valence electrons. The molecule has 1 N–H and O–H groups in total. The third kappa shape index (κ3) is 3.45. The molecule has 2 aromatic rings. The maximum absolute atomic E-state index is 4.56. The molecule has 0 spiro atoms. The molecule has 2 rings (SSSR count). The minimum atomic E-state index is 0.242. The van der Waals surface area contributed by atoms with Crippen LogP contribution in [-0.2, 0) is 19.9 Å². The van der Waals surface area contributed by atoms with Crippen molar-refractivity contribution in [2.75, 3.05) is 6.54 Å². The van der Waals surface area contributed by atoms with Crippen molar-refractivity contribution in [1.29, 1.82) is 0 Å². The quantitative estimate of drug-likeness (QED) is 0.827. The molecular weight excluding hydrogens is 338 g/mol. The molecule has 0 aliphatic heterocycles. The standard InChI is InChI=1S/C13H20BrN5S/c1-4-6-15-10(12-8-16-18-20-12)7-11-13(14)9(5-2)17-19(11)3/h8,10,15H,4-7H2,1-3H3. The largest absolute Gasteiger partial charge is 0.309 e. The third-order valence-electron chi connectivity index (χ3n) is 3.26. The summed E-state index contributed by atoms with van der Waals surface area (Å²) in [5, 5.41) is 12.1. The van der Waals surface area contributed by atoms with E-state index in [1.54, 1.807) is 0 Å². The summed E-state index contributed by atoms with van der Waals surface area (Å²) < 4.78 is 7.07. The van der Waals surface area contributed by atoms with Crippen molar-refractivity contribution in [1.82, 2.24) is 24.7 Å². The highest BCUT2D eigenvalue weighted by molar-refractivity contribution is 9.10. The minimum absolute atomic E-state index is 0.242. The average Bonchev–Trinajstić information content (AvgIpc) is 3.05. The summed E-state index contributed by atoms with van der Waals surface area (Å²) in [4.78, 5) is 1.17. The second-order valence-corrected chi connectivity index (χ2v) is 6.33. The van der Waals surface area contributed by atoms with Gasteiger partial charge in [-0.15, -0.1) is 5.10 Å². The van der Waals surface area contributed by atoms with Crippen molar-refractivity contribution in [3.63, 3.8) is 0 Å². The van der Waals surface area contributed by atoms with E-state index < -0.39 is 0 Å². The summed E-state index contributed by atoms with van der Waals surface area (Å²) in [5.41, 5.74) is 2.32. The molecule has 7 heteroatoms. The highest BCUT2D eigenvalue weighted by atomic mass is 79.9. The first-order valence-electron chi connectivity index (χ1n) is 6.88. The zero-order chi connectivity index (χ0) is 14.5. The number of rotatable bonds is 7. The van der Waals surface area contributed by atoms with Gasteiger partial charge >= 0.3 is 0 Å². The predicted octanol–water partition coefficient (Wildman–Crippen LogP) is 2.88. The van der Waals surface area contributed by atoms with E-state index in [0.29, 0.717) is 0 Å². The molecule has 2 heterocycles. The Morgan fingerprint density at radius 1 is 1.45 bits per heavy atom. The van der Waals surface area contributed by atoms with E-state index in [1.807, 2.05) is 17.9 Å². The molecule has 1 unspecified atom stereocenters. The summed E-state index contributed by atoms with van der Waals surface area (Å²) in [7, 11) is 2.00. The maximum atomic E-state index is 4.56. The van der Waals surface area contributed by atoms with Crippen LogP contribution in [0.5, 0.6) is 0 Å². The van der Waals surface area contributed by atoms with Gasteiger partial charge in [0.2, 0.25) is 0 Å². The fraction of sp³-hybridized carbons (Fsp3) is 0.615. The van der Waals surface area contributed by atoms with E-state index in [9.17, 15) is 0 Å². The summed E-state index contributed by atoms with van der Waals surface area (Å²) in [6.07, 6.45) is 4.77. The van der Waals surface area contributed by atoms with Crippen LogP contribution in [0.3, 0.4) is 0 Å². The van der Waals surface area contributed by atoms with E-state index in [0.717, 1.165) is 36.0 Å². The van der Waals surface area contributed by atoms with E-state index in [1.165, 1.54) is 22.1 Å². The van der Waals surface area contributed by atoms with Gasteiger partial charge in [0.25, 0.3) is 0 Å². The van der Waals surface area contributed by atoms with Crippen LogP contribution in [0.1, 0.15) is 42.6 Å². The SMILES string of the molecule is CCCNC(Cc1c(Br)c(CC)nn1C)c1cnns1. The highest BCUT2D eigenvalue weighted by Gasteiger charge is 2.20. The van der Waals surface area contributed by atoms with Crippen molar-refractivity contribution in [2.24, 2.45) is 7.05 Å². The zero-order valence-corrected chi connectivity index (χ0v) is 14.5. The number of halogens is 1. The second-order valence-electron chi connectivity index (χ2n) is 4.72. The lowest BCUT2D eigenvalue weighted by Gasteiger charge is -2.16. The molecule has 0 aliphatic carbocycles. The zero-order valence-electron chi connectivity index (χ0n) is 12.1. The molecule has 2 aromatic heterocycles. The predicted molar refractivity (Wildman–Crippen MR) is 84.9 cm³/mol. The lowest BCUT2D eigenvalue weighted by molar-refractivity contribution is 0.517. The van der Waals surface area contributed by atoms with Crippen LogP contribution in [-0.4, -0.2) is 25.9 Å². The van der Waals surface area contributed by atoms with Gasteiger partial charge < -0.3 is 5.32 Å². The number of nitrogens with one attached hydrogen (secondary N) is 1. The van der Waals surface area contributed by atoms with Gasteiger partial charge in [-0.05, 0) is 46.8 Å². The summed E-state index contributed by atoms with van der Waals surface area (Å²) >= 11 is 5.14. The number of hydrogen-bond donors (Lipinski definition) is 1. The molecule has 0 fully saturated rings. The maximum Gasteiger partial charge on any atom is 0.0766 e. The molecule has 0 radical (unpaired) electrons. The highest BCUT2D eigenvalue weighted by Crippen LogP contribution is 2.27. The molecule has 0 bridgehead atoms. The van der Waals surface area contributed by atoms with E-state index >= 15 is 0 Å².